The quantitative estimate of drug-likeness (QED) is 0.824. The number of hydrogen-bond acceptors (Lipinski definition) is 4. The molecular formula is C18H22N2O3S2. The van der Waals surface area contributed by atoms with Crippen LogP contribution in [-0.4, -0.2) is 36.0 Å². The average molecular weight is 379 g/mol. The number of nitrogens with one attached hydrogen (secondary N) is 1. The Morgan fingerprint density at radius 3 is 2.72 bits per heavy atom. The predicted molar refractivity (Wildman–Crippen MR) is 103 cm³/mol. The van der Waals surface area contributed by atoms with Gasteiger partial charge in [-0.2, -0.15) is 0 Å². The summed E-state index contributed by atoms with van der Waals surface area (Å²) in [7, 11) is -3.00. The summed E-state index contributed by atoms with van der Waals surface area (Å²) >= 11 is 5.60. The molecule has 0 amide bonds. The van der Waals surface area contributed by atoms with Crippen molar-refractivity contribution in [3.63, 3.8) is 0 Å². The molecule has 2 aromatic rings. The molecule has 1 N–H and O–H groups in total. The second-order valence-corrected chi connectivity index (χ2v) is 9.11. The van der Waals surface area contributed by atoms with Crippen LogP contribution in [0.25, 0.3) is 0 Å². The first-order valence-electron chi connectivity index (χ1n) is 8.22. The molecule has 1 atom stereocenters. The third-order valence-corrected chi connectivity index (χ3v) is 6.66. The number of rotatable bonds is 4. The molecule has 0 unspecified atom stereocenters. The van der Waals surface area contributed by atoms with Crippen molar-refractivity contribution in [2.45, 2.75) is 32.9 Å². The molecule has 2 heterocycles. The van der Waals surface area contributed by atoms with Crippen LogP contribution in [0.2, 0.25) is 0 Å². The summed E-state index contributed by atoms with van der Waals surface area (Å²) in [5.74, 6) is 1.09. The van der Waals surface area contributed by atoms with E-state index in [-0.39, 0.29) is 17.5 Å². The lowest BCUT2D eigenvalue weighted by atomic mass is 10.1. The molecule has 1 saturated heterocycles. The maximum Gasteiger partial charge on any atom is 0.174 e. The van der Waals surface area contributed by atoms with Gasteiger partial charge < -0.3 is 14.6 Å². The van der Waals surface area contributed by atoms with Crippen molar-refractivity contribution in [3.05, 3.63) is 53.5 Å². The van der Waals surface area contributed by atoms with Crippen molar-refractivity contribution >= 4 is 32.9 Å². The molecule has 25 heavy (non-hydrogen) atoms. The molecule has 5 nitrogen and oxygen atoms in total. The number of anilines is 1. The number of furan rings is 1. The topological polar surface area (TPSA) is 62.6 Å². The molecule has 0 spiro atoms. The number of hydrogen-bond donors (Lipinski definition) is 1. The van der Waals surface area contributed by atoms with E-state index in [1.807, 2.05) is 42.2 Å². The maximum atomic E-state index is 11.9. The second kappa shape index (κ2) is 7.17. The molecule has 0 aliphatic carbocycles. The summed E-state index contributed by atoms with van der Waals surface area (Å²) in [6.07, 6.45) is 2.19. The molecule has 1 aliphatic rings. The van der Waals surface area contributed by atoms with Crippen LogP contribution in [0.1, 0.15) is 23.3 Å². The zero-order chi connectivity index (χ0) is 18.0. The second-order valence-electron chi connectivity index (χ2n) is 6.49. The zero-order valence-electron chi connectivity index (χ0n) is 14.4. The van der Waals surface area contributed by atoms with Crippen molar-refractivity contribution < 1.29 is 12.8 Å². The van der Waals surface area contributed by atoms with Gasteiger partial charge in [-0.15, -0.1) is 0 Å². The van der Waals surface area contributed by atoms with Gasteiger partial charge in [0, 0.05) is 11.7 Å². The van der Waals surface area contributed by atoms with Crippen molar-refractivity contribution in [2.24, 2.45) is 0 Å². The molecule has 1 aromatic heterocycles. The van der Waals surface area contributed by atoms with Crippen molar-refractivity contribution in [1.29, 1.82) is 0 Å². The molecule has 1 aromatic carbocycles. The number of benzene rings is 1. The van der Waals surface area contributed by atoms with Crippen LogP contribution in [0.5, 0.6) is 0 Å². The fourth-order valence-corrected chi connectivity index (χ4v) is 5.03. The van der Waals surface area contributed by atoms with Crippen LogP contribution >= 0.6 is 12.2 Å². The van der Waals surface area contributed by atoms with Gasteiger partial charge in [0.05, 0.1) is 24.3 Å². The lowest BCUT2D eigenvalue weighted by Gasteiger charge is -2.30. The van der Waals surface area contributed by atoms with Gasteiger partial charge >= 0.3 is 0 Å². The van der Waals surface area contributed by atoms with E-state index in [0.29, 0.717) is 18.1 Å². The summed E-state index contributed by atoms with van der Waals surface area (Å²) in [5.41, 5.74) is 3.29. The Bertz CT molecular complexity index is 860. The van der Waals surface area contributed by atoms with E-state index in [1.165, 1.54) is 11.1 Å². The van der Waals surface area contributed by atoms with E-state index in [4.69, 9.17) is 16.6 Å². The van der Waals surface area contributed by atoms with Crippen molar-refractivity contribution in [1.82, 2.24) is 4.90 Å². The maximum absolute atomic E-state index is 11.9. The lowest BCUT2D eigenvalue weighted by molar-refractivity contribution is 0.302. The molecule has 7 heteroatoms. The monoisotopic (exact) mass is 378 g/mol. The third-order valence-electron chi connectivity index (χ3n) is 4.57. The van der Waals surface area contributed by atoms with E-state index < -0.39 is 9.84 Å². The summed E-state index contributed by atoms with van der Waals surface area (Å²) in [6, 6.07) is 9.61. The summed E-state index contributed by atoms with van der Waals surface area (Å²) in [4.78, 5) is 1.92. The SMILES string of the molecule is Cc1ccc(NC(=S)N(Cc2ccco2)[C@H]2CCS(=O)(=O)C2)cc1C. The first-order valence-corrected chi connectivity index (χ1v) is 10.4. The van der Waals surface area contributed by atoms with Gasteiger partial charge in [0.2, 0.25) is 0 Å². The minimum absolute atomic E-state index is 0.127. The van der Waals surface area contributed by atoms with Crippen LogP contribution < -0.4 is 5.32 Å². The van der Waals surface area contributed by atoms with E-state index in [1.54, 1.807) is 6.26 Å². The number of aryl methyl sites for hydroxylation is 2. The van der Waals surface area contributed by atoms with Gasteiger partial charge in [-0.05, 0) is 67.9 Å². The molecule has 134 valence electrons. The number of nitrogens with zero attached hydrogens (tertiary/aromatic N) is 1. The Morgan fingerprint density at radius 1 is 1.32 bits per heavy atom. The van der Waals surface area contributed by atoms with Crippen LogP contribution in [0.3, 0.4) is 0 Å². The first-order chi connectivity index (χ1) is 11.8. The van der Waals surface area contributed by atoms with Crippen molar-refractivity contribution in [2.75, 3.05) is 16.8 Å². The molecule has 3 rings (SSSR count). The largest absolute Gasteiger partial charge is 0.467 e. The Hall–Kier alpha value is -1.86. The Kier molecular flexibility index (Phi) is 5.15. The van der Waals surface area contributed by atoms with Gasteiger partial charge in [0.1, 0.15) is 5.76 Å². The number of thiocarbonyl (C=S) groups is 1. The minimum atomic E-state index is -3.00. The van der Waals surface area contributed by atoms with E-state index >= 15 is 0 Å². The van der Waals surface area contributed by atoms with E-state index in [2.05, 4.69) is 12.2 Å². The average Bonchev–Trinajstić information content (AvgIpc) is 3.17. The van der Waals surface area contributed by atoms with Crippen LogP contribution in [0, 0.1) is 13.8 Å². The molecule has 1 aliphatic heterocycles. The van der Waals surface area contributed by atoms with Crippen LogP contribution in [-0.2, 0) is 16.4 Å². The first kappa shape index (κ1) is 17.9. The zero-order valence-corrected chi connectivity index (χ0v) is 16.0. The highest BCUT2D eigenvalue weighted by atomic mass is 32.2. The van der Waals surface area contributed by atoms with Gasteiger partial charge in [0.25, 0.3) is 0 Å². The summed E-state index contributed by atoms with van der Waals surface area (Å²) in [5, 5.41) is 3.76. The highest BCUT2D eigenvalue weighted by Crippen LogP contribution is 2.22. The molecule has 0 bridgehead atoms. The summed E-state index contributed by atoms with van der Waals surface area (Å²) in [6.45, 7) is 4.56. The third kappa shape index (κ3) is 4.41. The van der Waals surface area contributed by atoms with Gasteiger partial charge in [0.15, 0.2) is 14.9 Å². The fraction of sp³-hybridized carbons (Fsp3) is 0.389. The lowest BCUT2D eigenvalue weighted by Crippen LogP contribution is -2.42. The Labute approximate surface area is 153 Å². The normalized spacial score (nSPS) is 18.9. The van der Waals surface area contributed by atoms with Gasteiger partial charge in [-0.1, -0.05) is 6.07 Å². The van der Waals surface area contributed by atoms with E-state index in [9.17, 15) is 8.42 Å². The Balaban J connectivity index is 1.80. The fourth-order valence-electron chi connectivity index (χ4n) is 2.97. The molecule has 0 saturated carbocycles. The molecule has 0 radical (unpaired) electrons. The predicted octanol–water partition coefficient (Wildman–Crippen LogP) is 3.28. The Morgan fingerprint density at radius 2 is 2.12 bits per heavy atom. The smallest absolute Gasteiger partial charge is 0.174 e. The minimum Gasteiger partial charge on any atom is -0.467 e. The summed E-state index contributed by atoms with van der Waals surface area (Å²) < 4.78 is 29.2. The van der Waals surface area contributed by atoms with Gasteiger partial charge in [-0.3, -0.25) is 0 Å². The molecule has 1 fully saturated rings. The van der Waals surface area contributed by atoms with Crippen LogP contribution in [0.4, 0.5) is 5.69 Å². The van der Waals surface area contributed by atoms with Crippen molar-refractivity contribution in [3.8, 4) is 0 Å². The standard InChI is InChI=1S/C18H22N2O3S2/c1-13-5-6-15(10-14(13)2)19-18(24)20(11-17-4-3-8-23-17)16-7-9-25(21,22)12-16/h3-6,8,10,16H,7,9,11-12H2,1-2H3,(H,19,24)/t16-/m0/s1. The van der Waals surface area contributed by atoms with Crippen LogP contribution in [0.15, 0.2) is 41.0 Å². The number of sulfone groups is 1. The molecular weight excluding hydrogens is 356 g/mol. The highest BCUT2D eigenvalue weighted by Gasteiger charge is 2.34. The van der Waals surface area contributed by atoms with E-state index in [0.717, 1.165) is 11.4 Å². The van der Waals surface area contributed by atoms with Gasteiger partial charge in [-0.25, -0.2) is 8.42 Å². The highest BCUT2D eigenvalue weighted by molar-refractivity contribution is 7.91.